The first-order valence-electron chi connectivity index (χ1n) is 5.45. The third-order valence-electron chi connectivity index (χ3n) is 2.58. The molecule has 3 nitrogen and oxygen atoms in total. The Morgan fingerprint density at radius 3 is 2.06 bits per heavy atom. The Morgan fingerprint density at radius 2 is 1.56 bits per heavy atom. The van der Waals surface area contributed by atoms with Crippen molar-refractivity contribution in [2.75, 3.05) is 0 Å². The summed E-state index contributed by atoms with van der Waals surface area (Å²) in [6.45, 7) is 6.88. The molecule has 0 aliphatic carbocycles. The summed E-state index contributed by atoms with van der Waals surface area (Å²) < 4.78 is 0. The second kappa shape index (κ2) is 5.58. The minimum atomic E-state index is 0.608. The van der Waals surface area contributed by atoms with Crippen LogP contribution in [-0.2, 0) is 11.2 Å². The Kier molecular flexibility index (Phi) is 3.66. The van der Waals surface area contributed by atoms with Gasteiger partial charge in [0.05, 0.1) is 12.3 Å². The van der Waals surface area contributed by atoms with Crippen molar-refractivity contribution in [3.63, 3.8) is 0 Å². The highest BCUT2D eigenvalue weighted by atomic mass is 16.1. The highest BCUT2D eigenvalue weighted by Gasteiger charge is 1.97. The van der Waals surface area contributed by atoms with Crippen LogP contribution in [0.1, 0.15) is 11.1 Å². The fraction of sp³-hybridized carbons (Fsp3) is 0.0667. The van der Waals surface area contributed by atoms with Crippen LogP contribution in [0.3, 0.4) is 0 Å². The maximum atomic E-state index is 10.1. The molecule has 0 heterocycles. The van der Waals surface area contributed by atoms with E-state index in [1.54, 1.807) is 12.1 Å². The van der Waals surface area contributed by atoms with Gasteiger partial charge in [0.15, 0.2) is 5.69 Å². The van der Waals surface area contributed by atoms with E-state index in [1.165, 1.54) is 6.08 Å². The molecule has 2 aromatic carbocycles. The van der Waals surface area contributed by atoms with Crippen molar-refractivity contribution >= 4 is 17.5 Å². The highest BCUT2D eigenvalue weighted by Crippen LogP contribution is 2.17. The minimum absolute atomic E-state index is 0.608. The summed E-state index contributed by atoms with van der Waals surface area (Å²) in [4.78, 5) is 17.0. The highest BCUT2D eigenvalue weighted by molar-refractivity contribution is 5.50. The number of hydrogen-bond acceptors (Lipinski definition) is 2. The van der Waals surface area contributed by atoms with Crippen molar-refractivity contribution in [1.29, 1.82) is 0 Å². The molecule has 0 bridgehead atoms. The van der Waals surface area contributed by atoms with Crippen LogP contribution in [-0.4, -0.2) is 6.08 Å². The SMILES string of the molecule is [C-]#[N+]c1ccc(Cc2ccc(N=C=O)cc2)cc1. The van der Waals surface area contributed by atoms with Gasteiger partial charge >= 0.3 is 0 Å². The first kappa shape index (κ1) is 11.8. The lowest BCUT2D eigenvalue weighted by atomic mass is 10.0. The van der Waals surface area contributed by atoms with Gasteiger partial charge in [-0.25, -0.2) is 9.64 Å². The van der Waals surface area contributed by atoms with E-state index in [1.807, 2.05) is 36.4 Å². The standard InChI is InChI=1S/C15H10N2O/c1-16-14-6-2-12(3-7-14)10-13-4-8-15(9-5-13)17-11-18/h2-9H,10H2. The third kappa shape index (κ3) is 2.91. The number of hydrogen-bond donors (Lipinski definition) is 0. The number of nitrogens with zero attached hydrogens (tertiary/aromatic N) is 2. The summed E-state index contributed by atoms with van der Waals surface area (Å²) in [5.41, 5.74) is 3.54. The number of rotatable bonds is 3. The van der Waals surface area contributed by atoms with Crippen LogP contribution in [0.4, 0.5) is 11.4 Å². The Morgan fingerprint density at radius 1 is 1.00 bits per heavy atom. The van der Waals surface area contributed by atoms with Crippen LogP contribution >= 0.6 is 0 Å². The van der Waals surface area contributed by atoms with E-state index < -0.39 is 0 Å². The van der Waals surface area contributed by atoms with Crippen molar-refractivity contribution in [1.82, 2.24) is 0 Å². The van der Waals surface area contributed by atoms with Crippen LogP contribution in [0.2, 0.25) is 0 Å². The Hall–Kier alpha value is -2.69. The van der Waals surface area contributed by atoms with Gasteiger partial charge in [-0.15, -0.1) is 0 Å². The van der Waals surface area contributed by atoms with E-state index in [0.717, 1.165) is 17.5 Å². The molecule has 0 spiro atoms. The topological polar surface area (TPSA) is 33.8 Å². The second-order valence-electron chi connectivity index (χ2n) is 3.82. The van der Waals surface area contributed by atoms with Gasteiger partial charge in [0, 0.05) is 0 Å². The van der Waals surface area contributed by atoms with Crippen molar-refractivity contribution in [2.45, 2.75) is 6.42 Å². The van der Waals surface area contributed by atoms with Crippen LogP contribution < -0.4 is 0 Å². The van der Waals surface area contributed by atoms with Gasteiger partial charge in [0.25, 0.3) is 0 Å². The molecule has 0 N–H and O–H groups in total. The summed E-state index contributed by atoms with van der Waals surface area (Å²) in [7, 11) is 0. The Balaban J connectivity index is 2.13. The molecular weight excluding hydrogens is 224 g/mol. The van der Waals surface area contributed by atoms with Crippen LogP contribution in [0.15, 0.2) is 53.5 Å². The minimum Gasteiger partial charge on any atom is -0.238 e. The number of aliphatic imine (C=N–C) groups is 1. The Labute approximate surface area is 105 Å². The molecule has 0 amide bonds. The van der Waals surface area contributed by atoms with Crippen molar-refractivity contribution < 1.29 is 4.79 Å². The molecule has 0 atom stereocenters. The molecule has 0 saturated heterocycles. The van der Waals surface area contributed by atoms with Crippen LogP contribution in [0, 0.1) is 6.57 Å². The van der Waals surface area contributed by atoms with Crippen molar-refractivity contribution in [3.8, 4) is 0 Å². The molecule has 0 radical (unpaired) electrons. The summed E-state index contributed by atoms with van der Waals surface area (Å²) in [6, 6.07) is 15.0. The molecular formula is C15H10N2O. The molecule has 0 saturated carbocycles. The van der Waals surface area contributed by atoms with E-state index in [-0.39, 0.29) is 0 Å². The van der Waals surface area contributed by atoms with Gasteiger partial charge in [-0.05, 0) is 29.7 Å². The predicted molar refractivity (Wildman–Crippen MR) is 69.7 cm³/mol. The van der Waals surface area contributed by atoms with Gasteiger partial charge in [0.2, 0.25) is 6.08 Å². The molecule has 0 aliphatic heterocycles. The van der Waals surface area contributed by atoms with E-state index >= 15 is 0 Å². The predicted octanol–water partition coefficient (Wildman–Crippen LogP) is 3.80. The summed E-state index contributed by atoms with van der Waals surface area (Å²) >= 11 is 0. The lowest BCUT2D eigenvalue weighted by Crippen LogP contribution is -1.86. The van der Waals surface area contributed by atoms with Gasteiger partial charge in [-0.3, -0.25) is 0 Å². The zero-order valence-corrected chi connectivity index (χ0v) is 9.63. The van der Waals surface area contributed by atoms with Gasteiger partial charge < -0.3 is 0 Å². The summed E-state index contributed by atoms with van der Waals surface area (Å²) in [6.07, 6.45) is 2.31. The molecule has 86 valence electrons. The van der Waals surface area contributed by atoms with E-state index in [9.17, 15) is 4.79 Å². The Bertz CT molecular complexity index is 615. The summed E-state index contributed by atoms with van der Waals surface area (Å²) in [5.74, 6) is 0. The largest absolute Gasteiger partial charge is 0.240 e. The number of isocyanates is 1. The number of carbonyl (C=O) groups excluding carboxylic acids is 1. The first-order valence-corrected chi connectivity index (χ1v) is 5.45. The lowest BCUT2D eigenvalue weighted by Gasteiger charge is -2.02. The zero-order valence-electron chi connectivity index (χ0n) is 9.63. The molecule has 0 aliphatic rings. The van der Waals surface area contributed by atoms with Gasteiger partial charge in [-0.2, -0.15) is 4.99 Å². The average molecular weight is 234 g/mol. The van der Waals surface area contributed by atoms with Gasteiger partial charge in [-0.1, -0.05) is 36.4 Å². The fourth-order valence-corrected chi connectivity index (χ4v) is 1.67. The molecule has 2 aromatic rings. The maximum absolute atomic E-state index is 10.1. The molecule has 2 rings (SSSR count). The molecule has 0 aromatic heterocycles. The van der Waals surface area contributed by atoms with Gasteiger partial charge in [0.1, 0.15) is 0 Å². The second-order valence-corrected chi connectivity index (χ2v) is 3.82. The normalized spacial score (nSPS) is 9.28. The lowest BCUT2D eigenvalue weighted by molar-refractivity contribution is 0.565. The van der Waals surface area contributed by atoms with E-state index in [2.05, 4.69) is 9.84 Å². The van der Waals surface area contributed by atoms with Crippen molar-refractivity contribution in [2.24, 2.45) is 4.99 Å². The zero-order chi connectivity index (χ0) is 12.8. The monoisotopic (exact) mass is 234 g/mol. The maximum Gasteiger partial charge on any atom is 0.240 e. The quantitative estimate of drug-likeness (QED) is 0.452. The molecule has 3 heteroatoms. The third-order valence-corrected chi connectivity index (χ3v) is 2.58. The molecule has 0 unspecified atom stereocenters. The molecule has 0 fully saturated rings. The van der Waals surface area contributed by atoms with Crippen LogP contribution in [0.5, 0.6) is 0 Å². The van der Waals surface area contributed by atoms with Crippen LogP contribution in [0.25, 0.3) is 4.85 Å². The first-order chi connectivity index (χ1) is 8.81. The van der Waals surface area contributed by atoms with E-state index in [0.29, 0.717) is 11.4 Å². The smallest absolute Gasteiger partial charge is 0.238 e. The average Bonchev–Trinajstić information content (AvgIpc) is 2.42. The fourth-order valence-electron chi connectivity index (χ4n) is 1.67. The molecule has 18 heavy (non-hydrogen) atoms. The number of benzene rings is 2. The van der Waals surface area contributed by atoms with Crippen molar-refractivity contribution in [3.05, 3.63) is 71.1 Å². The summed E-state index contributed by atoms with van der Waals surface area (Å²) in [5, 5.41) is 0. The van der Waals surface area contributed by atoms with E-state index in [4.69, 9.17) is 6.57 Å².